The molecule has 0 aliphatic heterocycles. The number of nitrogens with one attached hydrogen (secondary N) is 1. The van der Waals surface area contributed by atoms with Gasteiger partial charge in [0.05, 0.1) is 12.2 Å². The number of hydrogen-bond donors (Lipinski definition) is 2. The number of aromatic hydroxyl groups is 1. The Morgan fingerprint density at radius 2 is 1.70 bits per heavy atom. The summed E-state index contributed by atoms with van der Waals surface area (Å²) in [5.74, 6) is 0.311. The molecule has 4 nitrogen and oxygen atoms in total. The van der Waals surface area contributed by atoms with Crippen molar-refractivity contribution >= 4 is 17.5 Å². The maximum absolute atomic E-state index is 12.2. The van der Waals surface area contributed by atoms with Crippen molar-refractivity contribution in [3.63, 3.8) is 0 Å². The predicted molar refractivity (Wildman–Crippen MR) is 106 cm³/mol. The average molecular weight is 382 g/mol. The molecule has 0 bridgehead atoms. The summed E-state index contributed by atoms with van der Waals surface area (Å²) in [6.07, 6.45) is 0.849. The van der Waals surface area contributed by atoms with Gasteiger partial charge in [-0.1, -0.05) is 54.1 Å². The lowest BCUT2D eigenvalue weighted by Crippen LogP contribution is -2.22. The van der Waals surface area contributed by atoms with Crippen LogP contribution < -0.4 is 10.1 Å². The molecule has 0 unspecified atom stereocenters. The highest BCUT2D eigenvalue weighted by Crippen LogP contribution is 2.21. The molecule has 0 atom stereocenters. The van der Waals surface area contributed by atoms with E-state index in [-0.39, 0.29) is 17.2 Å². The fourth-order valence-corrected chi connectivity index (χ4v) is 2.77. The third-order valence-electron chi connectivity index (χ3n) is 4.08. The highest BCUT2D eigenvalue weighted by atomic mass is 35.5. The Morgan fingerprint density at radius 1 is 0.963 bits per heavy atom. The number of benzene rings is 3. The van der Waals surface area contributed by atoms with Gasteiger partial charge in [0.25, 0.3) is 5.91 Å². The van der Waals surface area contributed by atoms with Crippen LogP contribution in [0, 0.1) is 0 Å². The Labute approximate surface area is 163 Å². The van der Waals surface area contributed by atoms with Gasteiger partial charge in [0.1, 0.15) is 11.5 Å². The van der Waals surface area contributed by atoms with Crippen LogP contribution in [-0.4, -0.2) is 17.6 Å². The smallest absolute Gasteiger partial charge is 0.255 e. The topological polar surface area (TPSA) is 58.6 Å². The van der Waals surface area contributed by atoms with Gasteiger partial charge in [0, 0.05) is 18.0 Å². The Bertz CT molecular complexity index is 895. The van der Waals surface area contributed by atoms with Crippen molar-refractivity contribution in [1.82, 2.24) is 5.32 Å². The van der Waals surface area contributed by atoms with Crippen molar-refractivity contribution in [2.45, 2.75) is 13.0 Å². The normalized spacial score (nSPS) is 10.4. The van der Waals surface area contributed by atoms with E-state index in [9.17, 15) is 9.90 Å². The number of amides is 1. The summed E-state index contributed by atoms with van der Waals surface area (Å²) in [6.45, 7) is 0.948. The van der Waals surface area contributed by atoms with E-state index in [1.54, 1.807) is 0 Å². The van der Waals surface area contributed by atoms with Crippen LogP contribution in [0.4, 0.5) is 0 Å². The van der Waals surface area contributed by atoms with Crippen molar-refractivity contribution in [2.75, 3.05) is 6.61 Å². The number of ether oxygens (including phenoxy) is 1. The van der Waals surface area contributed by atoms with E-state index in [0.717, 1.165) is 17.7 Å². The molecule has 0 radical (unpaired) electrons. The molecule has 5 heteroatoms. The van der Waals surface area contributed by atoms with Gasteiger partial charge in [-0.25, -0.2) is 0 Å². The second-order valence-corrected chi connectivity index (χ2v) is 6.51. The fraction of sp³-hybridized carbons (Fsp3) is 0.136. The highest BCUT2D eigenvalue weighted by molar-refractivity contribution is 6.31. The molecule has 3 aromatic carbocycles. The standard InChI is InChI=1S/C22H20ClNO3/c23-18-8-11-21(25)20(14-18)22(26)24-15-17-6-9-19(10-7-17)27-13-12-16-4-2-1-3-5-16/h1-11,14,25H,12-13,15H2,(H,24,26). The molecule has 0 aliphatic carbocycles. The van der Waals surface area contributed by atoms with Crippen LogP contribution in [0.15, 0.2) is 72.8 Å². The number of carbonyl (C=O) groups is 1. The molecular formula is C22H20ClNO3. The van der Waals surface area contributed by atoms with Crippen LogP contribution in [0.3, 0.4) is 0 Å². The lowest BCUT2D eigenvalue weighted by Gasteiger charge is -2.09. The van der Waals surface area contributed by atoms with E-state index in [2.05, 4.69) is 17.4 Å². The third-order valence-corrected chi connectivity index (χ3v) is 4.32. The number of carbonyl (C=O) groups excluding carboxylic acids is 1. The summed E-state index contributed by atoms with van der Waals surface area (Å²) in [5, 5.41) is 12.9. The third kappa shape index (κ3) is 5.50. The molecule has 138 valence electrons. The fourth-order valence-electron chi connectivity index (χ4n) is 2.60. The van der Waals surface area contributed by atoms with Crippen LogP contribution in [0.25, 0.3) is 0 Å². The van der Waals surface area contributed by atoms with Gasteiger partial charge in [0.15, 0.2) is 0 Å². The molecule has 0 aliphatic rings. The minimum absolute atomic E-state index is 0.0981. The molecule has 27 heavy (non-hydrogen) atoms. The van der Waals surface area contributed by atoms with Gasteiger partial charge in [-0.2, -0.15) is 0 Å². The Kier molecular flexibility index (Phi) is 6.34. The van der Waals surface area contributed by atoms with Gasteiger partial charge >= 0.3 is 0 Å². The maximum atomic E-state index is 12.2. The molecular weight excluding hydrogens is 362 g/mol. The molecule has 1 amide bonds. The number of hydrogen-bond acceptors (Lipinski definition) is 3. The first-order valence-electron chi connectivity index (χ1n) is 8.64. The van der Waals surface area contributed by atoms with Crippen molar-refractivity contribution in [1.29, 1.82) is 0 Å². The average Bonchev–Trinajstić information content (AvgIpc) is 2.70. The van der Waals surface area contributed by atoms with Crippen molar-refractivity contribution in [2.24, 2.45) is 0 Å². The van der Waals surface area contributed by atoms with E-state index in [0.29, 0.717) is 18.2 Å². The summed E-state index contributed by atoms with van der Waals surface area (Å²) in [6, 6.07) is 22.1. The minimum atomic E-state index is -0.377. The zero-order valence-corrected chi connectivity index (χ0v) is 15.4. The van der Waals surface area contributed by atoms with Gasteiger partial charge in [-0.3, -0.25) is 4.79 Å². The molecule has 2 N–H and O–H groups in total. The molecule has 0 fully saturated rings. The van der Waals surface area contributed by atoms with Gasteiger partial charge in [-0.05, 0) is 41.5 Å². The summed E-state index contributed by atoms with van der Waals surface area (Å²) >= 11 is 5.87. The van der Waals surface area contributed by atoms with E-state index < -0.39 is 0 Å². The van der Waals surface area contributed by atoms with Gasteiger partial charge in [0.2, 0.25) is 0 Å². The molecule has 3 rings (SSSR count). The molecule has 0 aromatic heterocycles. The van der Waals surface area contributed by atoms with Gasteiger partial charge < -0.3 is 15.2 Å². The van der Waals surface area contributed by atoms with Crippen LogP contribution in [0.2, 0.25) is 5.02 Å². The van der Waals surface area contributed by atoms with Crippen LogP contribution in [0.1, 0.15) is 21.5 Å². The molecule has 0 heterocycles. The zero-order valence-electron chi connectivity index (χ0n) is 14.7. The number of rotatable bonds is 7. The monoisotopic (exact) mass is 381 g/mol. The number of halogens is 1. The highest BCUT2D eigenvalue weighted by Gasteiger charge is 2.11. The molecule has 0 spiro atoms. The van der Waals surface area contributed by atoms with Crippen molar-refractivity contribution in [3.05, 3.63) is 94.5 Å². The molecule has 3 aromatic rings. The summed E-state index contributed by atoms with van der Waals surface area (Å²) in [5.41, 5.74) is 2.32. The van der Waals surface area contributed by atoms with Crippen molar-refractivity contribution in [3.8, 4) is 11.5 Å². The summed E-state index contributed by atoms with van der Waals surface area (Å²) in [4.78, 5) is 12.2. The quantitative estimate of drug-likeness (QED) is 0.629. The van der Waals surface area contributed by atoms with E-state index in [1.807, 2.05) is 42.5 Å². The van der Waals surface area contributed by atoms with Crippen LogP contribution >= 0.6 is 11.6 Å². The van der Waals surface area contributed by atoms with Crippen LogP contribution in [-0.2, 0) is 13.0 Å². The first-order chi connectivity index (χ1) is 13.1. The van der Waals surface area contributed by atoms with Crippen molar-refractivity contribution < 1.29 is 14.6 Å². The van der Waals surface area contributed by atoms with E-state index in [4.69, 9.17) is 16.3 Å². The Balaban J connectivity index is 1.49. The predicted octanol–water partition coefficient (Wildman–Crippen LogP) is 4.60. The van der Waals surface area contributed by atoms with E-state index >= 15 is 0 Å². The number of phenolic OH excluding ortho intramolecular Hbond substituents is 1. The second kappa shape index (κ2) is 9.10. The largest absolute Gasteiger partial charge is 0.507 e. The van der Waals surface area contributed by atoms with Gasteiger partial charge in [-0.15, -0.1) is 0 Å². The molecule has 0 saturated carbocycles. The molecule has 0 saturated heterocycles. The second-order valence-electron chi connectivity index (χ2n) is 6.07. The Morgan fingerprint density at radius 3 is 2.44 bits per heavy atom. The van der Waals surface area contributed by atoms with E-state index in [1.165, 1.54) is 23.8 Å². The maximum Gasteiger partial charge on any atom is 0.255 e. The summed E-state index contributed by atoms with van der Waals surface area (Å²) in [7, 11) is 0. The lowest BCUT2D eigenvalue weighted by molar-refractivity contribution is 0.0948. The number of phenols is 1. The zero-order chi connectivity index (χ0) is 19.1. The Hall–Kier alpha value is -2.98. The lowest BCUT2D eigenvalue weighted by atomic mass is 10.1. The SMILES string of the molecule is O=C(NCc1ccc(OCCc2ccccc2)cc1)c1cc(Cl)ccc1O. The first-order valence-corrected chi connectivity index (χ1v) is 9.02. The first kappa shape index (κ1) is 18.8. The summed E-state index contributed by atoms with van der Waals surface area (Å²) < 4.78 is 5.75. The minimum Gasteiger partial charge on any atom is -0.507 e. The van der Waals surface area contributed by atoms with Crippen LogP contribution in [0.5, 0.6) is 11.5 Å².